The number of ether oxygens (including phenoxy) is 1. The van der Waals surface area contributed by atoms with Gasteiger partial charge in [0.15, 0.2) is 0 Å². The van der Waals surface area contributed by atoms with E-state index in [9.17, 15) is 9.18 Å². The second-order valence-electron chi connectivity index (χ2n) is 5.30. The van der Waals surface area contributed by atoms with Crippen LogP contribution >= 0.6 is 11.6 Å². The molecule has 22 heavy (non-hydrogen) atoms. The van der Waals surface area contributed by atoms with Crippen molar-refractivity contribution in [1.29, 1.82) is 0 Å². The van der Waals surface area contributed by atoms with E-state index < -0.39 is 0 Å². The molecule has 2 unspecified atom stereocenters. The molecule has 2 atom stereocenters. The maximum atomic E-state index is 13.7. The molecule has 0 bridgehead atoms. The van der Waals surface area contributed by atoms with Gasteiger partial charge in [-0.05, 0) is 42.2 Å². The van der Waals surface area contributed by atoms with Gasteiger partial charge in [-0.3, -0.25) is 4.79 Å². The standard InChI is InChI=1S/C17H15ClFNO2/c1-22-16-7-6-10(18)8-15(16)20-17(21)13-9-12(13)11-4-2-3-5-14(11)19/h2-8,12-13H,9H2,1H3,(H,20,21). The Kier molecular flexibility index (Phi) is 4.03. The quantitative estimate of drug-likeness (QED) is 0.915. The molecule has 1 amide bonds. The molecular formula is C17H15ClFNO2. The molecule has 2 aromatic carbocycles. The Morgan fingerprint density at radius 3 is 2.82 bits per heavy atom. The highest BCUT2D eigenvalue weighted by Crippen LogP contribution is 2.49. The predicted octanol–water partition coefficient (Wildman–Crippen LogP) is 4.23. The lowest BCUT2D eigenvalue weighted by Gasteiger charge is -2.10. The van der Waals surface area contributed by atoms with E-state index in [4.69, 9.17) is 16.3 Å². The lowest BCUT2D eigenvalue weighted by Crippen LogP contribution is -2.15. The molecule has 0 heterocycles. The van der Waals surface area contributed by atoms with Gasteiger partial charge >= 0.3 is 0 Å². The molecule has 0 aliphatic heterocycles. The summed E-state index contributed by atoms with van der Waals surface area (Å²) in [6, 6.07) is 11.6. The fourth-order valence-electron chi connectivity index (χ4n) is 2.61. The first-order chi connectivity index (χ1) is 10.6. The van der Waals surface area contributed by atoms with E-state index in [0.717, 1.165) is 0 Å². The van der Waals surface area contributed by atoms with Gasteiger partial charge in [-0.2, -0.15) is 0 Å². The first kappa shape index (κ1) is 14.9. The molecular weight excluding hydrogens is 305 g/mol. The Bertz CT molecular complexity index is 720. The van der Waals surface area contributed by atoms with E-state index in [1.165, 1.54) is 13.2 Å². The lowest BCUT2D eigenvalue weighted by atomic mass is 10.1. The summed E-state index contributed by atoms with van der Waals surface area (Å²) in [4.78, 5) is 12.3. The van der Waals surface area contributed by atoms with Crippen molar-refractivity contribution in [2.75, 3.05) is 12.4 Å². The molecule has 114 valence electrons. The van der Waals surface area contributed by atoms with Gasteiger partial charge in [-0.1, -0.05) is 29.8 Å². The minimum atomic E-state index is -0.261. The number of rotatable bonds is 4. The van der Waals surface area contributed by atoms with Crippen LogP contribution in [0.2, 0.25) is 5.02 Å². The van der Waals surface area contributed by atoms with Crippen molar-refractivity contribution in [2.24, 2.45) is 5.92 Å². The number of benzene rings is 2. The summed E-state index contributed by atoms with van der Waals surface area (Å²) in [5.74, 6) is -0.148. The third-order valence-corrected chi connectivity index (χ3v) is 4.09. The van der Waals surface area contributed by atoms with Crippen LogP contribution in [0.15, 0.2) is 42.5 Å². The van der Waals surface area contributed by atoms with Gasteiger partial charge in [0, 0.05) is 10.9 Å². The molecule has 1 aliphatic rings. The fraction of sp³-hybridized carbons (Fsp3) is 0.235. The summed E-state index contributed by atoms with van der Waals surface area (Å²) in [6.07, 6.45) is 0.648. The second-order valence-corrected chi connectivity index (χ2v) is 5.74. The average molecular weight is 320 g/mol. The molecule has 0 spiro atoms. The molecule has 0 saturated heterocycles. The van der Waals surface area contributed by atoms with Crippen LogP contribution in [-0.4, -0.2) is 13.0 Å². The smallest absolute Gasteiger partial charge is 0.228 e. The van der Waals surface area contributed by atoms with Crippen LogP contribution in [0.3, 0.4) is 0 Å². The molecule has 1 saturated carbocycles. The van der Waals surface area contributed by atoms with Crippen LogP contribution in [0.4, 0.5) is 10.1 Å². The summed E-state index contributed by atoms with van der Waals surface area (Å²) in [5, 5.41) is 3.32. The topological polar surface area (TPSA) is 38.3 Å². The number of nitrogens with one attached hydrogen (secondary N) is 1. The second kappa shape index (κ2) is 5.97. The van der Waals surface area contributed by atoms with Crippen molar-refractivity contribution >= 4 is 23.2 Å². The third kappa shape index (κ3) is 2.92. The zero-order chi connectivity index (χ0) is 15.7. The molecule has 5 heteroatoms. The summed E-state index contributed by atoms with van der Waals surface area (Å²) in [5.41, 5.74) is 1.12. The monoisotopic (exact) mass is 319 g/mol. The number of halogens is 2. The number of amides is 1. The SMILES string of the molecule is COc1ccc(Cl)cc1NC(=O)C1CC1c1ccccc1F. The molecule has 1 N–H and O–H groups in total. The Balaban J connectivity index is 1.72. The van der Waals surface area contributed by atoms with E-state index >= 15 is 0 Å². The van der Waals surface area contributed by atoms with Crippen molar-refractivity contribution in [1.82, 2.24) is 0 Å². The van der Waals surface area contributed by atoms with Crippen LogP contribution in [0.25, 0.3) is 0 Å². The Morgan fingerprint density at radius 1 is 1.32 bits per heavy atom. The van der Waals surface area contributed by atoms with Gasteiger partial charge < -0.3 is 10.1 Å². The molecule has 3 rings (SSSR count). The lowest BCUT2D eigenvalue weighted by molar-refractivity contribution is -0.117. The minimum absolute atomic E-state index is 0.0635. The Morgan fingerprint density at radius 2 is 2.09 bits per heavy atom. The van der Waals surface area contributed by atoms with Crippen LogP contribution in [0.5, 0.6) is 5.75 Å². The Labute approximate surface area is 133 Å². The number of hydrogen-bond acceptors (Lipinski definition) is 2. The molecule has 0 aromatic heterocycles. The summed E-state index contributed by atoms with van der Waals surface area (Å²) in [7, 11) is 1.53. The zero-order valence-corrected chi connectivity index (χ0v) is 12.7. The third-order valence-electron chi connectivity index (χ3n) is 3.85. The zero-order valence-electron chi connectivity index (χ0n) is 12.0. The van der Waals surface area contributed by atoms with E-state index in [-0.39, 0.29) is 23.6 Å². The average Bonchev–Trinajstić information content (AvgIpc) is 3.28. The highest BCUT2D eigenvalue weighted by atomic mass is 35.5. The number of hydrogen-bond donors (Lipinski definition) is 1. The normalized spacial score (nSPS) is 19.6. The van der Waals surface area contributed by atoms with E-state index in [0.29, 0.717) is 28.4 Å². The maximum Gasteiger partial charge on any atom is 0.228 e. The molecule has 0 radical (unpaired) electrons. The highest BCUT2D eigenvalue weighted by molar-refractivity contribution is 6.31. The molecule has 1 fully saturated rings. The van der Waals surface area contributed by atoms with Gasteiger partial charge in [-0.15, -0.1) is 0 Å². The van der Waals surface area contributed by atoms with Crippen LogP contribution in [-0.2, 0) is 4.79 Å². The van der Waals surface area contributed by atoms with Gasteiger partial charge in [0.25, 0.3) is 0 Å². The van der Waals surface area contributed by atoms with Gasteiger partial charge in [0.2, 0.25) is 5.91 Å². The first-order valence-electron chi connectivity index (χ1n) is 6.99. The number of methoxy groups -OCH3 is 1. The molecule has 3 nitrogen and oxygen atoms in total. The number of anilines is 1. The van der Waals surface area contributed by atoms with Crippen molar-refractivity contribution < 1.29 is 13.9 Å². The highest BCUT2D eigenvalue weighted by Gasteiger charge is 2.45. The van der Waals surface area contributed by atoms with E-state index in [1.807, 2.05) is 0 Å². The first-order valence-corrected chi connectivity index (χ1v) is 7.36. The van der Waals surface area contributed by atoms with Gasteiger partial charge in [0.05, 0.1) is 12.8 Å². The van der Waals surface area contributed by atoms with Crippen molar-refractivity contribution in [3.63, 3.8) is 0 Å². The minimum Gasteiger partial charge on any atom is -0.495 e. The van der Waals surface area contributed by atoms with E-state index in [2.05, 4.69) is 5.32 Å². The van der Waals surface area contributed by atoms with Crippen LogP contribution in [0, 0.1) is 11.7 Å². The van der Waals surface area contributed by atoms with Gasteiger partial charge in [0.1, 0.15) is 11.6 Å². The van der Waals surface area contributed by atoms with Crippen molar-refractivity contribution in [3.8, 4) is 5.75 Å². The summed E-state index contributed by atoms with van der Waals surface area (Å²) < 4.78 is 18.9. The largest absolute Gasteiger partial charge is 0.495 e. The van der Waals surface area contributed by atoms with Crippen molar-refractivity contribution in [3.05, 3.63) is 58.9 Å². The number of carbonyl (C=O) groups is 1. The van der Waals surface area contributed by atoms with Crippen molar-refractivity contribution in [2.45, 2.75) is 12.3 Å². The molecule has 2 aromatic rings. The number of carbonyl (C=O) groups excluding carboxylic acids is 1. The van der Waals surface area contributed by atoms with Gasteiger partial charge in [-0.25, -0.2) is 4.39 Å². The maximum absolute atomic E-state index is 13.7. The fourth-order valence-corrected chi connectivity index (χ4v) is 2.78. The predicted molar refractivity (Wildman–Crippen MR) is 83.9 cm³/mol. The summed E-state index contributed by atoms with van der Waals surface area (Å²) in [6.45, 7) is 0. The van der Waals surface area contributed by atoms with Crippen LogP contribution in [0.1, 0.15) is 17.9 Å². The van der Waals surface area contributed by atoms with Crippen LogP contribution < -0.4 is 10.1 Å². The summed E-state index contributed by atoms with van der Waals surface area (Å²) >= 11 is 5.94. The molecule has 1 aliphatic carbocycles. The Hall–Kier alpha value is -2.07. The van der Waals surface area contributed by atoms with E-state index in [1.54, 1.807) is 36.4 Å².